The molecular formula is C23H28ClIN6O3. The van der Waals surface area contributed by atoms with Gasteiger partial charge in [0.2, 0.25) is 11.8 Å². The average Bonchev–Trinajstić information content (AvgIpc) is 3.44. The summed E-state index contributed by atoms with van der Waals surface area (Å²) >= 11 is 8.52. The van der Waals surface area contributed by atoms with Crippen molar-refractivity contribution in [2.75, 3.05) is 25.5 Å². The zero-order valence-corrected chi connectivity index (χ0v) is 22.6. The van der Waals surface area contributed by atoms with E-state index in [1.165, 1.54) is 0 Å². The number of methoxy groups -OCH3 is 1. The number of halogens is 2. The van der Waals surface area contributed by atoms with Gasteiger partial charge in [-0.3, -0.25) is 4.68 Å². The third-order valence-electron chi connectivity index (χ3n) is 5.47. The number of carbonyl (C=O) groups excluding carboxylic acids is 1. The zero-order valence-electron chi connectivity index (χ0n) is 19.6. The third kappa shape index (κ3) is 5.48. The maximum absolute atomic E-state index is 12.5. The quantitative estimate of drug-likeness (QED) is 0.307. The molecule has 2 aromatic heterocycles. The summed E-state index contributed by atoms with van der Waals surface area (Å²) < 4.78 is 13.8. The van der Waals surface area contributed by atoms with Crippen molar-refractivity contribution in [1.29, 1.82) is 0 Å². The van der Waals surface area contributed by atoms with Gasteiger partial charge in [0.1, 0.15) is 16.6 Å². The number of nitrogens with zero attached hydrogens (tertiary/aromatic N) is 5. The van der Waals surface area contributed by atoms with E-state index in [1.807, 2.05) is 37.6 Å². The van der Waals surface area contributed by atoms with Crippen LogP contribution in [0, 0.1) is 0 Å². The summed E-state index contributed by atoms with van der Waals surface area (Å²) in [4.78, 5) is 23.4. The SMILES string of the molecule is COc1nc(NCc2ccc(Cl)c(CI)c2)nc2cnn(C3CCN(C(=O)OC(C)(C)C)C3)c12. The number of amides is 1. The maximum Gasteiger partial charge on any atom is 0.410 e. The molecule has 0 aliphatic carbocycles. The first-order chi connectivity index (χ1) is 16.2. The summed E-state index contributed by atoms with van der Waals surface area (Å²) in [7, 11) is 1.58. The Morgan fingerprint density at radius 3 is 2.82 bits per heavy atom. The lowest BCUT2D eigenvalue weighted by Crippen LogP contribution is -2.35. The largest absolute Gasteiger partial charge is 0.479 e. The van der Waals surface area contributed by atoms with Crippen molar-refractivity contribution in [1.82, 2.24) is 24.6 Å². The molecule has 1 N–H and O–H groups in total. The van der Waals surface area contributed by atoms with E-state index in [0.717, 1.165) is 27.0 Å². The first-order valence-corrected chi connectivity index (χ1v) is 12.9. The Hall–Kier alpha value is -2.34. The Kier molecular flexibility index (Phi) is 7.36. The highest BCUT2D eigenvalue weighted by Gasteiger charge is 2.32. The fraction of sp³-hybridized carbons (Fsp3) is 0.478. The van der Waals surface area contributed by atoms with Crippen molar-refractivity contribution in [2.45, 2.75) is 49.8 Å². The number of rotatable bonds is 6. The smallest absolute Gasteiger partial charge is 0.410 e. The topological polar surface area (TPSA) is 94.4 Å². The van der Waals surface area contributed by atoms with Gasteiger partial charge < -0.3 is 19.7 Å². The van der Waals surface area contributed by atoms with Gasteiger partial charge in [0.25, 0.3) is 0 Å². The Bertz CT molecular complexity index is 1200. The summed E-state index contributed by atoms with van der Waals surface area (Å²) in [5, 5.41) is 8.59. The van der Waals surface area contributed by atoms with Crippen LogP contribution in [0.4, 0.5) is 10.7 Å². The molecule has 0 spiro atoms. The third-order valence-corrected chi connectivity index (χ3v) is 6.66. The van der Waals surface area contributed by atoms with Crippen LogP contribution in [0.2, 0.25) is 5.02 Å². The normalized spacial score (nSPS) is 16.2. The summed E-state index contributed by atoms with van der Waals surface area (Å²) in [6.07, 6.45) is 2.15. The van der Waals surface area contributed by atoms with E-state index >= 15 is 0 Å². The van der Waals surface area contributed by atoms with E-state index in [-0.39, 0.29) is 12.1 Å². The summed E-state index contributed by atoms with van der Waals surface area (Å²) in [5.41, 5.74) is 3.03. The molecule has 1 fully saturated rings. The second-order valence-corrected chi connectivity index (χ2v) is 10.3. The molecule has 1 aromatic carbocycles. The molecule has 0 bridgehead atoms. The number of aromatic nitrogens is 4. The monoisotopic (exact) mass is 598 g/mol. The van der Waals surface area contributed by atoms with Crippen LogP contribution in [0.3, 0.4) is 0 Å². The lowest BCUT2D eigenvalue weighted by Gasteiger charge is -2.24. The molecule has 3 heterocycles. The molecule has 0 radical (unpaired) electrons. The molecule has 1 aliphatic rings. The van der Waals surface area contributed by atoms with Crippen LogP contribution in [0.15, 0.2) is 24.4 Å². The molecule has 1 amide bonds. The average molecular weight is 599 g/mol. The van der Waals surface area contributed by atoms with Crippen molar-refractivity contribution in [3.05, 3.63) is 40.5 Å². The number of hydrogen-bond acceptors (Lipinski definition) is 7. The molecule has 1 atom stereocenters. The predicted octanol–water partition coefficient (Wildman–Crippen LogP) is 5.22. The lowest BCUT2D eigenvalue weighted by molar-refractivity contribution is 0.0288. The van der Waals surface area contributed by atoms with Gasteiger partial charge in [-0.05, 0) is 44.4 Å². The minimum atomic E-state index is -0.530. The predicted molar refractivity (Wildman–Crippen MR) is 140 cm³/mol. The fourth-order valence-corrected chi connectivity index (χ4v) is 4.93. The van der Waals surface area contributed by atoms with Gasteiger partial charge in [-0.15, -0.1) is 0 Å². The molecule has 0 saturated carbocycles. The molecular weight excluding hydrogens is 571 g/mol. The Morgan fingerprint density at radius 2 is 2.12 bits per heavy atom. The summed E-state index contributed by atoms with van der Waals surface area (Å²) in [6.45, 7) is 7.25. The number of anilines is 1. The van der Waals surface area contributed by atoms with E-state index in [9.17, 15) is 4.79 Å². The first kappa shape index (κ1) is 24.8. The van der Waals surface area contributed by atoms with E-state index in [2.05, 4.69) is 49.0 Å². The van der Waals surface area contributed by atoms with E-state index < -0.39 is 5.60 Å². The highest BCUT2D eigenvalue weighted by Crippen LogP contribution is 2.31. The van der Waals surface area contributed by atoms with Gasteiger partial charge in [0, 0.05) is 29.1 Å². The molecule has 34 heavy (non-hydrogen) atoms. The first-order valence-electron chi connectivity index (χ1n) is 11.0. The number of ether oxygens (including phenoxy) is 2. The molecule has 1 saturated heterocycles. The molecule has 4 rings (SSSR count). The standard InChI is InChI=1S/C23H28ClIN6O3/c1-23(2,3)34-22(32)30-8-7-16(13-30)31-19-18(12-27-31)28-21(29-20(19)33-4)26-11-14-5-6-17(24)15(9-14)10-25/h5-6,9,12,16H,7-8,10-11,13H2,1-4H3,(H,26,28,29). The highest BCUT2D eigenvalue weighted by molar-refractivity contribution is 14.1. The summed E-state index contributed by atoms with van der Waals surface area (Å²) in [6, 6.07) is 5.95. The second-order valence-electron chi connectivity index (χ2n) is 9.16. The van der Waals surface area contributed by atoms with Gasteiger partial charge in [0.05, 0.1) is 19.3 Å². The maximum atomic E-state index is 12.5. The van der Waals surface area contributed by atoms with Crippen molar-refractivity contribution in [3.8, 4) is 5.88 Å². The highest BCUT2D eigenvalue weighted by atomic mass is 127. The number of alkyl halides is 1. The van der Waals surface area contributed by atoms with Gasteiger partial charge in [-0.2, -0.15) is 10.1 Å². The van der Waals surface area contributed by atoms with Crippen LogP contribution in [0.25, 0.3) is 11.0 Å². The zero-order chi connectivity index (χ0) is 24.5. The van der Waals surface area contributed by atoms with E-state index in [0.29, 0.717) is 42.5 Å². The van der Waals surface area contributed by atoms with Gasteiger partial charge in [0.15, 0.2) is 0 Å². The fourth-order valence-electron chi connectivity index (χ4n) is 3.88. The minimum Gasteiger partial charge on any atom is -0.479 e. The van der Waals surface area contributed by atoms with E-state index in [1.54, 1.807) is 18.2 Å². The van der Waals surface area contributed by atoms with Crippen LogP contribution in [0.1, 0.15) is 44.4 Å². The van der Waals surface area contributed by atoms with Crippen LogP contribution >= 0.6 is 34.2 Å². The van der Waals surface area contributed by atoms with Crippen molar-refractivity contribution in [3.63, 3.8) is 0 Å². The molecule has 3 aromatic rings. The van der Waals surface area contributed by atoms with Crippen molar-refractivity contribution < 1.29 is 14.3 Å². The van der Waals surface area contributed by atoms with Crippen LogP contribution in [0.5, 0.6) is 5.88 Å². The molecule has 11 heteroatoms. The van der Waals surface area contributed by atoms with Crippen molar-refractivity contribution >= 4 is 57.3 Å². The Morgan fingerprint density at radius 1 is 1.32 bits per heavy atom. The Balaban J connectivity index is 1.52. The van der Waals surface area contributed by atoms with E-state index in [4.69, 9.17) is 21.1 Å². The summed E-state index contributed by atoms with van der Waals surface area (Å²) in [5.74, 6) is 0.890. The number of likely N-dealkylation sites (tertiary alicyclic amines) is 1. The van der Waals surface area contributed by atoms with Crippen LogP contribution in [-0.4, -0.2) is 56.5 Å². The van der Waals surface area contributed by atoms with Gasteiger partial charge in [-0.25, -0.2) is 9.78 Å². The number of benzene rings is 1. The molecule has 9 nitrogen and oxygen atoms in total. The second kappa shape index (κ2) is 10.1. The number of hydrogen-bond donors (Lipinski definition) is 1. The number of nitrogens with one attached hydrogen (secondary N) is 1. The Labute approximate surface area is 217 Å². The molecule has 1 unspecified atom stereocenters. The van der Waals surface area contributed by atoms with Crippen molar-refractivity contribution in [2.24, 2.45) is 0 Å². The van der Waals surface area contributed by atoms with Gasteiger partial charge in [-0.1, -0.05) is 46.3 Å². The number of carbonyl (C=O) groups is 1. The minimum absolute atomic E-state index is 0.0120. The van der Waals surface area contributed by atoms with Gasteiger partial charge >= 0.3 is 6.09 Å². The van der Waals surface area contributed by atoms with Crippen LogP contribution in [-0.2, 0) is 15.7 Å². The van der Waals surface area contributed by atoms with Crippen LogP contribution < -0.4 is 10.1 Å². The lowest BCUT2D eigenvalue weighted by atomic mass is 10.1. The number of fused-ring (bicyclic) bond motifs is 1. The molecule has 182 valence electrons. The molecule has 1 aliphatic heterocycles.